The van der Waals surface area contributed by atoms with Crippen molar-refractivity contribution in [2.24, 2.45) is 11.7 Å². The Morgan fingerprint density at radius 1 is 1.43 bits per heavy atom. The van der Waals surface area contributed by atoms with Crippen molar-refractivity contribution in [3.8, 4) is 0 Å². The first-order chi connectivity index (χ1) is 10.1. The van der Waals surface area contributed by atoms with Crippen LogP contribution in [0.1, 0.15) is 42.6 Å². The third-order valence-corrected chi connectivity index (χ3v) is 3.93. The monoisotopic (exact) mass is 294 g/mol. The number of nitrogens with two attached hydrogens (primary N) is 1. The van der Waals surface area contributed by atoms with Crippen LogP contribution >= 0.6 is 0 Å². The summed E-state index contributed by atoms with van der Waals surface area (Å²) in [6.45, 7) is 1.03. The van der Waals surface area contributed by atoms with Crippen LogP contribution < -0.4 is 11.1 Å². The van der Waals surface area contributed by atoms with Crippen LogP contribution in [-0.2, 0) is 11.3 Å². The molecule has 0 spiro atoms. The van der Waals surface area contributed by atoms with E-state index in [1.54, 1.807) is 10.8 Å². The molecular weight excluding hydrogens is 272 g/mol. The van der Waals surface area contributed by atoms with Gasteiger partial charge in [-0.2, -0.15) is 0 Å². The van der Waals surface area contributed by atoms with Gasteiger partial charge < -0.3 is 20.7 Å². The molecule has 1 aromatic heterocycles. The molecule has 2 rings (SSSR count). The standard InChI is InChI=1S/C14H22N4O3/c15-6-7-18-8-11(16-9-18)13(19)17-12(14(20)21)10-4-2-1-3-5-10/h8-10,12H,1-7,15H2,(H,17,19)(H,20,21). The fraction of sp³-hybridized carbons (Fsp3) is 0.643. The zero-order valence-electron chi connectivity index (χ0n) is 12.0. The number of carbonyl (C=O) groups is 2. The average Bonchev–Trinajstić information content (AvgIpc) is 2.94. The van der Waals surface area contributed by atoms with Gasteiger partial charge in [-0.25, -0.2) is 9.78 Å². The van der Waals surface area contributed by atoms with E-state index in [0.29, 0.717) is 13.1 Å². The zero-order valence-corrected chi connectivity index (χ0v) is 12.0. The molecule has 1 atom stereocenters. The van der Waals surface area contributed by atoms with Crippen LogP contribution in [0, 0.1) is 5.92 Å². The van der Waals surface area contributed by atoms with E-state index in [0.717, 1.165) is 32.1 Å². The van der Waals surface area contributed by atoms with E-state index in [1.807, 2.05) is 0 Å². The highest BCUT2D eigenvalue weighted by atomic mass is 16.4. The van der Waals surface area contributed by atoms with E-state index in [2.05, 4.69) is 10.3 Å². The Bertz CT molecular complexity index is 494. The smallest absolute Gasteiger partial charge is 0.326 e. The molecule has 1 aromatic rings. The topological polar surface area (TPSA) is 110 Å². The van der Waals surface area contributed by atoms with Crippen molar-refractivity contribution in [2.75, 3.05) is 6.54 Å². The summed E-state index contributed by atoms with van der Waals surface area (Å²) in [5.74, 6) is -1.41. The number of carboxylic acids is 1. The minimum Gasteiger partial charge on any atom is -0.480 e. The first kappa shape index (κ1) is 15.5. The number of amides is 1. The molecule has 0 aromatic carbocycles. The lowest BCUT2D eigenvalue weighted by atomic mass is 9.84. The van der Waals surface area contributed by atoms with Gasteiger partial charge in [0, 0.05) is 19.3 Å². The van der Waals surface area contributed by atoms with Gasteiger partial charge in [0.25, 0.3) is 5.91 Å². The van der Waals surface area contributed by atoms with E-state index in [9.17, 15) is 14.7 Å². The van der Waals surface area contributed by atoms with Crippen LogP contribution in [0.5, 0.6) is 0 Å². The van der Waals surface area contributed by atoms with Crippen molar-refractivity contribution in [2.45, 2.75) is 44.7 Å². The molecule has 4 N–H and O–H groups in total. The number of hydrogen-bond donors (Lipinski definition) is 3. The zero-order chi connectivity index (χ0) is 15.2. The van der Waals surface area contributed by atoms with E-state index in [4.69, 9.17) is 5.73 Å². The van der Waals surface area contributed by atoms with Gasteiger partial charge >= 0.3 is 5.97 Å². The minimum absolute atomic E-state index is 0.00586. The van der Waals surface area contributed by atoms with Crippen LogP contribution in [0.15, 0.2) is 12.5 Å². The van der Waals surface area contributed by atoms with Crippen LogP contribution in [0.25, 0.3) is 0 Å². The molecule has 7 heteroatoms. The summed E-state index contributed by atoms with van der Waals surface area (Å²) in [6.07, 6.45) is 7.99. The third kappa shape index (κ3) is 4.04. The molecule has 1 unspecified atom stereocenters. The molecule has 116 valence electrons. The molecule has 1 amide bonds. The van der Waals surface area contributed by atoms with Gasteiger partial charge in [0.05, 0.1) is 6.33 Å². The fourth-order valence-corrected chi connectivity index (χ4v) is 2.81. The summed E-state index contributed by atoms with van der Waals surface area (Å²) < 4.78 is 1.71. The maximum Gasteiger partial charge on any atom is 0.326 e. The lowest BCUT2D eigenvalue weighted by molar-refractivity contribution is -0.141. The van der Waals surface area contributed by atoms with E-state index >= 15 is 0 Å². The minimum atomic E-state index is -0.975. The van der Waals surface area contributed by atoms with Gasteiger partial charge in [-0.3, -0.25) is 4.79 Å². The maximum atomic E-state index is 12.1. The predicted octanol–water partition coefficient (Wildman–Crippen LogP) is 0.605. The van der Waals surface area contributed by atoms with Crippen molar-refractivity contribution in [3.63, 3.8) is 0 Å². The molecular formula is C14H22N4O3. The average molecular weight is 294 g/mol. The fourth-order valence-electron chi connectivity index (χ4n) is 2.81. The number of imidazole rings is 1. The normalized spacial score (nSPS) is 17.4. The Morgan fingerprint density at radius 2 is 2.14 bits per heavy atom. The first-order valence-electron chi connectivity index (χ1n) is 7.37. The van der Waals surface area contributed by atoms with Gasteiger partial charge in [-0.15, -0.1) is 0 Å². The van der Waals surface area contributed by atoms with Crippen molar-refractivity contribution < 1.29 is 14.7 Å². The Kier molecular flexibility index (Phi) is 5.32. The highest BCUT2D eigenvalue weighted by molar-refractivity contribution is 5.94. The summed E-state index contributed by atoms with van der Waals surface area (Å²) in [5.41, 5.74) is 5.66. The number of hydrogen-bond acceptors (Lipinski definition) is 4. The summed E-state index contributed by atoms with van der Waals surface area (Å²) in [5, 5.41) is 12.0. The summed E-state index contributed by atoms with van der Waals surface area (Å²) >= 11 is 0. The molecule has 0 saturated heterocycles. The van der Waals surface area contributed by atoms with E-state index in [-0.39, 0.29) is 11.6 Å². The highest BCUT2D eigenvalue weighted by Crippen LogP contribution is 2.26. The summed E-state index contributed by atoms with van der Waals surface area (Å²) in [6, 6.07) is -0.836. The van der Waals surface area contributed by atoms with Gasteiger partial charge in [-0.1, -0.05) is 19.3 Å². The highest BCUT2D eigenvalue weighted by Gasteiger charge is 2.31. The second-order valence-electron chi connectivity index (χ2n) is 5.47. The number of nitrogens with one attached hydrogen (secondary N) is 1. The number of carbonyl (C=O) groups excluding carboxylic acids is 1. The van der Waals surface area contributed by atoms with E-state index < -0.39 is 17.9 Å². The van der Waals surface area contributed by atoms with Crippen molar-refractivity contribution in [1.29, 1.82) is 0 Å². The number of aliphatic carboxylic acids is 1. The van der Waals surface area contributed by atoms with Gasteiger partial charge in [0.2, 0.25) is 0 Å². The molecule has 0 radical (unpaired) electrons. The molecule has 7 nitrogen and oxygen atoms in total. The van der Waals surface area contributed by atoms with Gasteiger partial charge in [-0.05, 0) is 18.8 Å². The molecule has 1 heterocycles. The van der Waals surface area contributed by atoms with Crippen molar-refractivity contribution in [1.82, 2.24) is 14.9 Å². The SMILES string of the molecule is NCCn1cnc(C(=O)NC(C(=O)O)C2CCCCC2)c1. The second kappa shape index (κ2) is 7.21. The lowest BCUT2D eigenvalue weighted by Crippen LogP contribution is -2.46. The van der Waals surface area contributed by atoms with Crippen molar-refractivity contribution in [3.05, 3.63) is 18.2 Å². The number of carboxylic acid groups (broad SMARTS) is 1. The van der Waals surface area contributed by atoms with Gasteiger partial charge in [0.1, 0.15) is 11.7 Å². The van der Waals surface area contributed by atoms with Crippen molar-refractivity contribution >= 4 is 11.9 Å². The predicted molar refractivity (Wildman–Crippen MR) is 76.7 cm³/mol. The molecule has 1 fully saturated rings. The summed E-state index contributed by atoms with van der Waals surface area (Å²) in [7, 11) is 0. The molecule has 0 bridgehead atoms. The number of nitrogens with zero attached hydrogens (tertiary/aromatic N) is 2. The largest absolute Gasteiger partial charge is 0.480 e. The number of aromatic nitrogens is 2. The Hall–Kier alpha value is -1.89. The molecule has 0 aliphatic heterocycles. The van der Waals surface area contributed by atoms with Crippen LogP contribution in [0.4, 0.5) is 0 Å². The Morgan fingerprint density at radius 3 is 2.76 bits per heavy atom. The molecule has 1 aliphatic rings. The van der Waals surface area contributed by atoms with Crippen LogP contribution in [-0.4, -0.2) is 39.1 Å². The second-order valence-corrected chi connectivity index (χ2v) is 5.47. The lowest BCUT2D eigenvalue weighted by Gasteiger charge is -2.27. The molecule has 1 saturated carbocycles. The van der Waals surface area contributed by atoms with Gasteiger partial charge in [0.15, 0.2) is 0 Å². The van der Waals surface area contributed by atoms with Crippen LogP contribution in [0.3, 0.4) is 0 Å². The first-order valence-corrected chi connectivity index (χ1v) is 7.37. The quantitative estimate of drug-likeness (QED) is 0.712. The number of rotatable bonds is 6. The Balaban J connectivity index is 2.01. The Labute approximate surface area is 123 Å². The van der Waals surface area contributed by atoms with E-state index in [1.165, 1.54) is 6.33 Å². The third-order valence-electron chi connectivity index (χ3n) is 3.93. The molecule has 1 aliphatic carbocycles. The maximum absolute atomic E-state index is 12.1. The molecule has 21 heavy (non-hydrogen) atoms. The summed E-state index contributed by atoms with van der Waals surface area (Å²) in [4.78, 5) is 27.5. The van der Waals surface area contributed by atoms with Crippen LogP contribution in [0.2, 0.25) is 0 Å².